The van der Waals surface area contributed by atoms with E-state index in [9.17, 15) is 4.79 Å². The summed E-state index contributed by atoms with van der Waals surface area (Å²) in [5.41, 5.74) is 1.22. The molecule has 1 unspecified atom stereocenters. The fraction of sp³-hybridized carbons (Fsp3) is 0.636. The van der Waals surface area contributed by atoms with Crippen molar-refractivity contribution in [3.05, 3.63) is 24.3 Å². The third kappa shape index (κ3) is 7.21. The lowest BCUT2D eigenvalue weighted by Gasteiger charge is -2.19. The molecule has 0 aliphatic carbocycles. The number of carbonyl (C=O) groups excluding carboxylic acids is 1. The minimum Gasteiger partial charge on any atom is -0.497 e. The Morgan fingerprint density at radius 1 is 1.30 bits per heavy atom. The zero-order valence-electron chi connectivity index (χ0n) is 18.2. The molecule has 2 fully saturated rings. The average molecular weight is 529 g/mol. The quantitative estimate of drug-likeness (QED) is 0.223. The first-order valence-corrected chi connectivity index (χ1v) is 10.9. The van der Waals surface area contributed by atoms with Gasteiger partial charge in [-0.2, -0.15) is 0 Å². The number of hydrogen-bond donors (Lipinski definition) is 2. The topological polar surface area (TPSA) is 69.2 Å². The van der Waals surface area contributed by atoms with Crippen molar-refractivity contribution in [2.24, 2.45) is 10.9 Å². The molecule has 0 spiro atoms. The molecule has 0 aromatic heterocycles. The van der Waals surface area contributed by atoms with Gasteiger partial charge in [0.1, 0.15) is 5.75 Å². The van der Waals surface area contributed by atoms with Crippen molar-refractivity contribution in [3.8, 4) is 5.75 Å². The van der Waals surface area contributed by atoms with E-state index >= 15 is 0 Å². The summed E-state index contributed by atoms with van der Waals surface area (Å²) in [5, 5.41) is 6.74. The van der Waals surface area contributed by atoms with Crippen LogP contribution in [0.1, 0.15) is 32.6 Å². The second-order valence-corrected chi connectivity index (χ2v) is 7.79. The number of rotatable bonds is 9. The number of methoxy groups -OCH3 is 1. The summed E-state index contributed by atoms with van der Waals surface area (Å²) in [6, 6.07) is 8.27. The summed E-state index contributed by atoms with van der Waals surface area (Å²) in [7, 11) is 1.71. The fourth-order valence-corrected chi connectivity index (χ4v) is 4.00. The van der Waals surface area contributed by atoms with Gasteiger partial charge in [0.25, 0.3) is 0 Å². The highest BCUT2D eigenvalue weighted by atomic mass is 127. The summed E-state index contributed by atoms with van der Waals surface area (Å²) in [6.45, 7) is 8.41. The number of nitrogens with zero attached hydrogens (tertiary/aromatic N) is 3. The monoisotopic (exact) mass is 529 g/mol. The molecular weight excluding hydrogens is 493 g/mol. The van der Waals surface area contributed by atoms with Crippen LogP contribution in [0.5, 0.6) is 5.75 Å². The van der Waals surface area contributed by atoms with Gasteiger partial charge in [0, 0.05) is 64.0 Å². The van der Waals surface area contributed by atoms with Crippen molar-refractivity contribution in [2.75, 3.05) is 57.8 Å². The standard InChI is InChI=1S/C22H35N5O2.HI/c1-3-23-22(24-11-6-13-26-12-5-9-21(26)28)25-16-18-10-14-27(17-18)19-7-4-8-20(15-19)29-2;/h4,7-8,15,18H,3,5-6,9-14,16-17H2,1-2H3,(H2,23,24,25);1H. The molecule has 30 heavy (non-hydrogen) atoms. The number of halogens is 1. The van der Waals surface area contributed by atoms with E-state index in [4.69, 9.17) is 9.73 Å². The van der Waals surface area contributed by atoms with Gasteiger partial charge in [0.05, 0.1) is 7.11 Å². The maximum atomic E-state index is 11.7. The number of carbonyl (C=O) groups is 1. The number of likely N-dealkylation sites (tertiary alicyclic amines) is 1. The molecule has 2 aliphatic rings. The Bertz CT molecular complexity index is 700. The second kappa shape index (κ2) is 12.9. The predicted octanol–water partition coefficient (Wildman–Crippen LogP) is 2.71. The summed E-state index contributed by atoms with van der Waals surface area (Å²) in [4.78, 5) is 20.9. The smallest absolute Gasteiger partial charge is 0.222 e. The highest BCUT2D eigenvalue weighted by molar-refractivity contribution is 14.0. The number of ether oxygens (including phenoxy) is 1. The molecule has 2 aliphatic heterocycles. The van der Waals surface area contributed by atoms with Crippen molar-refractivity contribution >= 4 is 41.5 Å². The van der Waals surface area contributed by atoms with Crippen LogP contribution in [0.15, 0.2) is 29.3 Å². The molecule has 8 heteroatoms. The number of amides is 1. The molecule has 0 saturated carbocycles. The lowest BCUT2D eigenvalue weighted by atomic mass is 10.1. The molecule has 1 atom stereocenters. The molecule has 3 rings (SSSR count). The number of guanidine groups is 1. The van der Waals surface area contributed by atoms with Crippen LogP contribution in [-0.2, 0) is 4.79 Å². The van der Waals surface area contributed by atoms with E-state index in [0.29, 0.717) is 18.2 Å². The third-order valence-corrected chi connectivity index (χ3v) is 5.62. The molecule has 0 radical (unpaired) electrons. The Labute approximate surface area is 197 Å². The van der Waals surface area contributed by atoms with Gasteiger partial charge in [-0.1, -0.05) is 6.07 Å². The van der Waals surface area contributed by atoms with E-state index in [1.54, 1.807) is 7.11 Å². The molecule has 2 N–H and O–H groups in total. The van der Waals surface area contributed by atoms with E-state index in [1.165, 1.54) is 5.69 Å². The average Bonchev–Trinajstić information content (AvgIpc) is 3.38. The van der Waals surface area contributed by atoms with Crippen LogP contribution in [0.4, 0.5) is 5.69 Å². The van der Waals surface area contributed by atoms with Crippen molar-refractivity contribution in [3.63, 3.8) is 0 Å². The SMILES string of the molecule is CCNC(=NCC1CCN(c2cccc(OC)c2)C1)NCCCN1CCCC1=O.I. The van der Waals surface area contributed by atoms with Gasteiger partial charge in [-0.05, 0) is 44.2 Å². The zero-order valence-corrected chi connectivity index (χ0v) is 20.6. The lowest BCUT2D eigenvalue weighted by molar-refractivity contribution is -0.127. The van der Waals surface area contributed by atoms with Gasteiger partial charge in [0.2, 0.25) is 5.91 Å². The van der Waals surface area contributed by atoms with Gasteiger partial charge in [-0.25, -0.2) is 0 Å². The van der Waals surface area contributed by atoms with Crippen molar-refractivity contribution < 1.29 is 9.53 Å². The molecule has 1 aromatic rings. The predicted molar refractivity (Wildman–Crippen MR) is 133 cm³/mol. The minimum atomic E-state index is 0. The van der Waals surface area contributed by atoms with Gasteiger partial charge >= 0.3 is 0 Å². The van der Waals surface area contributed by atoms with E-state index in [-0.39, 0.29) is 24.0 Å². The maximum Gasteiger partial charge on any atom is 0.222 e. The summed E-state index contributed by atoms with van der Waals surface area (Å²) < 4.78 is 5.35. The number of benzene rings is 1. The van der Waals surface area contributed by atoms with Gasteiger partial charge in [0.15, 0.2) is 5.96 Å². The first-order chi connectivity index (χ1) is 14.2. The van der Waals surface area contributed by atoms with E-state index in [2.05, 4.69) is 34.6 Å². The molecule has 2 heterocycles. The van der Waals surface area contributed by atoms with Gasteiger partial charge < -0.3 is 25.2 Å². The van der Waals surface area contributed by atoms with Crippen molar-refractivity contribution in [1.82, 2.24) is 15.5 Å². The van der Waals surface area contributed by atoms with Crippen LogP contribution in [0.25, 0.3) is 0 Å². The van der Waals surface area contributed by atoms with Crippen molar-refractivity contribution in [2.45, 2.75) is 32.6 Å². The highest BCUT2D eigenvalue weighted by Crippen LogP contribution is 2.26. The Balaban J connectivity index is 0.00000320. The van der Waals surface area contributed by atoms with E-state index in [1.807, 2.05) is 17.0 Å². The largest absolute Gasteiger partial charge is 0.497 e. The molecule has 7 nitrogen and oxygen atoms in total. The van der Waals surface area contributed by atoms with Crippen LogP contribution >= 0.6 is 24.0 Å². The number of nitrogens with one attached hydrogen (secondary N) is 2. The Hall–Kier alpha value is -1.71. The normalized spacial score (nSPS) is 19.1. The number of hydrogen-bond acceptors (Lipinski definition) is 4. The molecule has 2 saturated heterocycles. The molecule has 1 aromatic carbocycles. The highest BCUT2D eigenvalue weighted by Gasteiger charge is 2.23. The Morgan fingerprint density at radius 3 is 2.90 bits per heavy atom. The zero-order chi connectivity index (χ0) is 20.5. The second-order valence-electron chi connectivity index (χ2n) is 7.79. The Morgan fingerprint density at radius 2 is 2.17 bits per heavy atom. The van der Waals surface area contributed by atoms with Crippen LogP contribution in [0.2, 0.25) is 0 Å². The van der Waals surface area contributed by atoms with E-state index < -0.39 is 0 Å². The molecule has 0 bridgehead atoms. The first-order valence-electron chi connectivity index (χ1n) is 10.9. The molecule has 1 amide bonds. The third-order valence-electron chi connectivity index (χ3n) is 5.62. The van der Waals surface area contributed by atoms with Crippen LogP contribution in [0.3, 0.4) is 0 Å². The first kappa shape index (κ1) is 24.6. The van der Waals surface area contributed by atoms with Crippen LogP contribution < -0.4 is 20.3 Å². The molecule has 168 valence electrons. The fourth-order valence-electron chi connectivity index (χ4n) is 4.00. The number of anilines is 1. The minimum absolute atomic E-state index is 0. The summed E-state index contributed by atoms with van der Waals surface area (Å²) >= 11 is 0. The summed E-state index contributed by atoms with van der Waals surface area (Å²) in [5.74, 6) is 2.63. The van der Waals surface area contributed by atoms with E-state index in [0.717, 1.165) is 76.8 Å². The van der Waals surface area contributed by atoms with Crippen LogP contribution in [-0.4, -0.2) is 69.7 Å². The maximum absolute atomic E-state index is 11.7. The Kier molecular flexibility index (Phi) is 10.5. The van der Waals surface area contributed by atoms with Crippen LogP contribution in [0, 0.1) is 5.92 Å². The van der Waals surface area contributed by atoms with Gasteiger partial charge in [-0.3, -0.25) is 9.79 Å². The number of aliphatic imine (C=N–C) groups is 1. The molecular formula is C22H36IN5O2. The van der Waals surface area contributed by atoms with Gasteiger partial charge in [-0.15, -0.1) is 24.0 Å². The summed E-state index contributed by atoms with van der Waals surface area (Å²) in [6.07, 6.45) is 3.82. The van der Waals surface area contributed by atoms with Crippen molar-refractivity contribution in [1.29, 1.82) is 0 Å². The lowest BCUT2D eigenvalue weighted by Crippen LogP contribution is -2.39.